The Bertz CT molecular complexity index is 1550. The van der Waals surface area contributed by atoms with Gasteiger partial charge in [-0.2, -0.15) is 0 Å². The predicted molar refractivity (Wildman–Crippen MR) is 171 cm³/mol. The third kappa shape index (κ3) is 6.48. The van der Waals surface area contributed by atoms with E-state index in [-0.39, 0.29) is 29.3 Å². The molecule has 0 spiro atoms. The third-order valence-corrected chi connectivity index (χ3v) is 7.63. The number of carbonyl (C=O) groups excluding carboxylic acids is 1. The lowest BCUT2D eigenvalue weighted by Crippen LogP contribution is -2.43. The highest BCUT2D eigenvalue weighted by Gasteiger charge is 2.31. The van der Waals surface area contributed by atoms with Crippen LogP contribution in [0.5, 0.6) is 0 Å². The number of nitrogens with one attached hydrogen (secondary N) is 1. The molecule has 6 nitrogen and oxygen atoms in total. The van der Waals surface area contributed by atoms with Crippen LogP contribution in [0.25, 0.3) is 16.6 Å². The second kappa shape index (κ2) is 12.9. The van der Waals surface area contributed by atoms with Crippen molar-refractivity contribution in [3.63, 3.8) is 0 Å². The van der Waals surface area contributed by atoms with Crippen molar-refractivity contribution in [2.75, 3.05) is 11.9 Å². The van der Waals surface area contributed by atoms with Crippen LogP contribution in [0.2, 0.25) is 5.02 Å². The van der Waals surface area contributed by atoms with Crippen molar-refractivity contribution in [2.24, 2.45) is 5.92 Å². The summed E-state index contributed by atoms with van der Waals surface area (Å²) in [6.45, 7) is 15.3. The smallest absolute Gasteiger partial charge is 0.314 e. The summed E-state index contributed by atoms with van der Waals surface area (Å²) in [5, 5.41) is 4.40. The molecule has 4 rings (SSSR count). The van der Waals surface area contributed by atoms with E-state index in [2.05, 4.69) is 65.1 Å². The topological polar surface area (TPSA) is 67.2 Å². The summed E-state index contributed by atoms with van der Waals surface area (Å²) in [7, 11) is 0. The van der Waals surface area contributed by atoms with Crippen LogP contribution >= 0.6 is 11.6 Å². The summed E-state index contributed by atoms with van der Waals surface area (Å²) in [4.78, 5) is 35.1. The Morgan fingerprint density at radius 3 is 2.07 bits per heavy atom. The first-order valence-electron chi connectivity index (χ1n) is 14.5. The SMILES string of the molecule is CCC(c1nc2ccccc2c(=O)n1-c1ccc(Cl)cc1)N(CC(C)C)C(=O)Nc1c(C(C)C)cccc1C(C)C. The molecule has 216 valence electrons. The van der Waals surface area contributed by atoms with E-state index in [1.807, 2.05) is 42.2 Å². The van der Waals surface area contributed by atoms with Gasteiger partial charge in [0.05, 0.1) is 22.6 Å². The minimum Gasteiger partial charge on any atom is -0.314 e. The average Bonchev–Trinajstić information content (AvgIpc) is 2.93. The number of halogens is 1. The molecule has 7 heteroatoms. The fourth-order valence-electron chi connectivity index (χ4n) is 5.37. The first kappa shape index (κ1) is 30.3. The van der Waals surface area contributed by atoms with Crippen LogP contribution in [0, 0.1) is 5.92 Å². The van der Waals surface area contributed by atoms with Gasteiger partial charge in [0.25, 0.3) is 5.56 Å². The summed E-state index contributed by atoms with van der Waals surface area (Å²) in [6, 6.07) is 20.1. The fourth-order valence-corrected chi connectivity index (χ4v) is 5.50. The van der Waals surface area contributed by atoms with Crippen LogP contribution in [-0.2, 0) is 0 Å². The number of fused-ring (bicyclic) bond motifs is 1. The van der Waals surface area contributed by atoms with Crippen LogP contribution in [0.15, 0.2) is 71.5 Å². The lowest BCUT2D eigenvalue weighted by Gasteiger charge is -2.34. The molecule has 0 radical (unpaired) electrons. The molecule has 0 saturated carbocycles. The number of nitrogens with zero attached hydrogens (tertiary/aromatic N) is 3. The minimum atomic E-state index is -0.459. The largest absolute Gasteiger partial charge is 0.322 e. The number of hydrogen-bond donors (Lipinski definition) is 1. The van der Waals surface area contributed by atoms with Gasteiger partial charge < -0.3 is 10.2 Å². The summed E-state index contributed by atoms with van der Waals surface area (Å²) in [5.41, 5.74) is 4.15. The van der Waals surface area contributed by atoms with Crippen LogP contribution < -0.4 is 10.9 Å². The van der Waals surface area contributed by atoms with Crippen molar-refractivity contribution in [1.82, 2.24) is 14.5 Å². The molecule has 1 unspecified atom stereocenters. The number of rotatable bonds is 9. The Morgan fingerprint density at radius 1 is 0.902 bits per heavy atom. The quantitative estimate of drug-likeness (QED) is 0.218. The van der Waals surface area contributed by atoms with Gasteiger partial charge in [0.15, 0.2) is 0 Å². The van der Waals surface area contributed by atoms with Gasteiger partial charge in [0, 0.05) is 17.3 Å². The fraction of sp³-hybridized carbons (Fsp3) is 0.382. The van der Waals surface area contributed by atoms with Crippen molar-refractivity contribution >= 4 is 34.2 Å². The molecular formula is C34H41ClN4O2. The molecule has 0 aliphatic heterocycles. The van der Waals surface area contributed by atoms with Crippen molar-refractivity contribution in [1.29, 1.82) is 0 Å². The van der Waals surface area contributed by atoms with E-state index in [1.165, 1.54) is 0 Å². The molecule has 0 aliphatic rings. The van der Waals surface area contributed by atoms with Gasteiger partial charge in [-0.25, -0.2) is 9.78 Å². The van der Waals surface area contributed by atoms with E-state index in [9.17, 15) is 9.59 Å². The number of carbonyl (C=O) groups is 1. The van der Waals surface area contributed by atoms with Crippen molar-refractivity contribution in [2.45, 2.75) is 72.8 Å². The van der Waals surface area contributed by atoms with Crippen molar-refractivity contribution in [3.05, 3.63) is 99.1 Å². The summed E-state index contributed by atoms with van der Waals surface area (Å²) in [5.74, 6) is 1.19. The van der Waals surface area contributed by atoms with Gasteiger partial charge in [-0.1, -0.05) is 90.4 Å². The zero-order chi connectivity index (χ0) is 29.8. The van der Waals surface area contributed by atoms with Crippen molar-refractivity contribution in [3.8, 4) is 5.69 Å². The minimum absolute atomic E-state index is 0.177. The Labute approximate surface area is 248 Å². The maximum atomic E-state index is 14.3. The summed E-state index contributed by atoms with van der Waals surface area (Å²) < 4.78 is 1.63. The molecule has 1 N–H and O–H groups in total. The number of para-hydroxylation sites is 2. The highest BCUT2D eigenvalue weighted by atomic mass is 35.5. The summed E-state index contributed by atoms with van der Waals surface area (Å²) in [6.07, 6.45) is 0.571. The first-order valence-corrected chi connectivity index (χ1v) is 14.9. The zero-order valence-electron chi connectivity index (χ0n) is 25.1. The van der Waals surface area contributed by atoms with E-state index >= 15 is 0 Å². The van der Waals surface area contributed by atoms with E-state index in [0.717, 1.165) is 16.8 Å². The van der Waals surface area contributed by atoms with E-state index in [1.54, 1.807) is 22.8 Å². The van der Waals surface area contributed by atoms with Crippen LogP contribution in [0.3, 0.4) is 0 Å². The normalized spacial score (nSPS) is 12.4. The molecule has 41 heavy (non-hydrogen) atoms. The third-order valence-electron chi connectivity index (χ3n) is 7.38. The first-order chi connectivity index (χ1) is 19.5. The standard InChI is InChI=1S/C34H41ClN4O2/c1-8-30(32-36-29-15-10-9-12-28(29)33(40)39(32)25-18-16-24(35)17-19-25)38(20-21(2)3)34(41)37-31-26(22(4)5)13-11-14-27(31)23(6)7/h9-19,21-23,30H,8,20H2,1-7H3,(H,37,41). The number of benzene rings is 3. The molecule has 0 bridgehead atoms. The molecule has 0 saturated heterocycles. The monoisotopic (exact) mass is 572 g/mol. The van der Waals surface area contributed by atoms with Gasteiger partial charge >= 0.3 is 6.03 Å². The predicted octanol–water partition coefficient (Wildman–Crippen LogP) is 8.93. The zero-order valence-corrected chi connectivity index (χ0v) is 25.9. The maximum Gasteiger partial charge on any atom is 0.322 e. The maximum absolute atomic E-state index is 14.3. The lowest BCUT2D eigenvalue weighted by atomic mass is 9.92. The van der Waals surface area contributed by atoms with Crippen LogP contribution in [-0.4, -0.2) is 27.0 Å². The Kier molecular flexibility index (Phi) is 9.54. The molecular weight excluding hydrogens is 532 g/mol. The molecule has 0 aliphatic carbocycles. The number of amides is 2. The molecule has 0 fully saturated rings. The van der Waals surface area contributed by atoms with Gasteiger partial charge in [-0.15, -0.1) is 0 Å². The van der Waals surface area contributed by atoms with Gasteiger partial charge in [-0.3, -0.25) is 9.36 Å². The molecule has 2 amide bonds. The Balaban J connectivity index is 1.90. The average molecular weight is 573 g/mol. The highest BCUT2D eigenvalue weighted by molar-refractivity contribution is 6.30. The number of urea groups is 1. The highest BCUT2D eigenvalue weighted by Crippen LogP contribution is 2.34. The van der Waals surface area contributed by atoms with Crippen molar-refractivity contribution < 1.29 is 4.79 Å². The number of hydrogen-bond acceptors (Lipinski definition) is 3. The van der Waals surface area contributed by atoms with E-state index in [4.69, 9.17) is 16.6 Å². The second-order valence-corrected chi connectivity index (χ2v) is 12.1. The van der Waals surface area contributed by atoms with Gasteiger partial charge in [0.1, 0.15) is 5.82 Å². The second-order valence-electron chi connectivity index (χ2n) is 11.6. The molecule has 4 aromatic rings. The van der Waals surface area contributed by atoms with Crippen LogP contribution in [0.1, 0.15) is 89.7 Å². The molecule has 3 aromatic carbocycles. The van der Waals surface area contributed by atoms with Gasteiger partial charge in [-0.05, 0) is 71.7 Å². The van der Waals surface area contributed by atoms with Gasteiger partial charge in [0.2, 0.25) is 0 Å². The molecule has 1 heterocycles. The van der Waals surface area contributed by atoms with E-state index < -0.39 is 6.04 Å². The molecule has 1 atom stereocenters. The van der Waals surface area contributed by atoms with E-state index in [0.29, 0.717) is 40.4 Å². The Hall–Kier alpha value is -3.64. The lowest BCUT2D eigenvalue weighted by molar-refractivity contribution is 0.171. The number of aromatic nitrogens is 2. The van der Waals surface area contributed by atoms with Crippen LogP contribution in [0.4, 0.5) is 10.5 Å². The number of anilines is 1. The Morgan fingerprint density at radius 2 is 1.51 bits per heavy atom. The molecule has 1 aromatic heterocycles. The summed E-state index contributed by atoms with van der Waals surface area (Å²) >= 11 is 6.20.